The van der Waals surface area contributed by atoms with Crippen LogP contribution in [0, 0.1) is 0 Å². The molecule has 1 atom stereocenters. The molecule has 1 aromatic carbocycles. The van der Waals surface area contributed by atoms with E-state index < -0.39 is 0 Å². The standard InChI is InChI=1S/C15H22N2O3/c1-3-6-16-10-15(18)17-11(2)12-4-5-13-14(9-12)20-8-7-19-13/h4-5,9,11,16H,3,6-8,10H2,1-2H3,(H,17,18). The van der Waals surface area contributed by atoms with E-state index in [1.165, 1.54) is 0 Å². The van der Waals surface area contributed by atoms with Crippen molar-refractivity contribution in [3.8, 4) is 11.5 Å². The molecule has 0 fully saturated rings. The molecular formula is C15H22N2O3. The highest BCUT2D eigenvalue weighted by molar-refractivity contribution is 5.78. The fourth-order valence-corrected chi connectivity index (χ4v) is 2.08. The zero-order chi connectivity index (χ0) is 14.4. The Bertz CT molecular complexity index is 462. The van der Waals surface area contributed by atoms with Gasteiger partial charge in [0.25, 0.3) is 0 Å². The Morgan fingerprint density at radius 2 is 2.05 bits per heavy atom. The molecule has 5 heteroatoms. The molecule has 5 nitrogen and oxygen atoms in total. The zero-order valence-corrected chi connectivity index (χ0v) is 12.1. The van der Waals surface area contributed by atoms with Gasteiger partial charge in [-0.25, -0.2) is 0 Å². The maximum atomic E-state index is 11.8. The van der Waals surface area contributed by atoms with Gasteiger partial charge in [-0.1, -0.05) is 13.0 Å². The van der Waals surface area contributed by atoms with Crippen molar-refractivity contribution in [3.05, 3.63) is 23.8 Å². The Hall–Kier alpha value is -1.75. The topological polar surface area (TPSA) is 59.6 Å². The van der Waals surface area contributed by atoms with Gasteiger partial charge < -0.3 is 20.1 Å². The van der Waals surface area contributed by atoms with Crippen LogP contribution in [0.5, 0.6) is 11.5 Å². The maximum Gasteiger partial charge on any atom is 0.234 e. The molecular weight excluding hydrogens is 256 g/mol. The predicted octanol–water partition coefficient (Wildman–Crippen LogP) is 1.63. The highest BCUT2D eigenvalue weighted by Gasteiger charge is 2.15. The molecule has 1 aliphatic rings. The number of hydrogen-bond acceptors (Lipinski definition) is 4. The molecule has 2 N–H and O–H groups in total. The molecule has 20 heavy (non-hydrogen) atoms. The van der Waals surface area contributed by atoms with Gasteiger partial charge in [-0.3, -0.25) is 4.79 Å². The van der Waals surface area contributed by atoms with Gasteiger partial charge in [0.1, 0.15) is 13.2 Å². The smallest absolute Gasteiger partial charge is 0.234 e. The summed E-state index contributed by atoms with van der Waals surface area (Å²) in [6.07, 6.45) is 1.02. The van der Waals surface area contributed by atoms with Gasteiger partial charge in [-0.15, -0.1) is 0 Å². The van der Waals surface area contributed by atoms with Crippen LogP contribution in [0.25, 0.3) is 0 Å². The van der Waals surface area contributed by atoms with Crippen LogP contribution in [0.4, 0.5) is 0 Å². The van der Waals surface area contributed by atoms with Crippen molar-refractivity contribution >= 4 is 5.91 Å². The van der Waals surface area contributed by atoms with Crippen LogP contribution >= 0.6 is 0 Å². The first-order valence-corrected chi connectivity index (χ1v) is 7.10. The summed E-state index contributed by atoms with van der Waals surface area (Å²) in [6, 6.07) is 5.72. The molecule has 0 spiro atoms. The van der Waals surface area contributed by atoms with Gasteiger partial charge in [-0.05, 0) is 37.6 Å². The van der Waals surface area contributed by atoms with E-state index in [1.54, 1.807) is 0 Å². The van der Waals surface area contributed by atoms with Crippen LogP contribution in [-0.2, 0) is 4.79 Å². The van der Waals surface area contributed by atoms with Crippen molar-refractivity contribution < 1.29 is 14.3 Å². The number of carbonyl (C=O) groups excluding carboxylic acids is 1. The third-order valence-electron chi connectivity index (χ3n) is 3.16. The number of benzene rings is 1. The third-order valence-corrected chi connectivity index (χ3v) is 3.16. The van der Waals surface area contributed by atoms with Crippen LogP contribution in [0.15, 0.2) is 18.2 Å². The molecule has 0 saturated carbocycles. The summed E-state index contributed by atoms with van der Waals surface area (Å²) in [5.41, 5.74) is 1.01. The molecule has 0 bridgehead atoms. The summed E-state index contributed by atoms with van der Waals surface area (Å²) in [5.74, 6) is 1.52. The minimum atomic E-state index is -0.0539. The number of ether oxygens (including phenoxy) is 2. The second kappa shape index (κ2) is 7.14. The van der Waals surface area contributed by atoms with E-state index in [-0.39, 0.29) is 11.9 Å². The van der Waals surface area contributed by atoms with Crippen molar-refractivity contribution in [2.24, 2.45) is 0 Å². The summed E-state index contributed by atoms with van der Waals surface area (Å²) < 4.78 is 11.0. The highest BCUT2D eigenvalue weighted by Crippen LogP contribution is 2.32. The lowest BCUT2D eigenvalue weighted by Gasteiger charge is -2.21. The first kappa shape index (κ1) is 14.7. The Morgan fingerprint density at radius 3 is 2.80 bits per heavy atom. The van der Waals surface area contributed by atoms with Crippen molar-refractivity contribution in [3.63, 3.8) is 0 Å². The fraction of sp³-hybridized carbons (Fsp3) is 0.533. The molecule has 1 aromatic rings. The van der Waals surface area contributed by atoms with Crippen molar-refractivity contribution in [1.82, 2.24) is 10.6 Å². The summed E-state index contributed by atoms with van der Waals surface area (Å²) >= 11 is 0. The Kier molecular flexibility index (Phi) is 5.24. The summed E-state index contributed by atoms with van der Waals surface area (Å²) in [6.45, 7) is 6.39. The lowest BCUT2D eigenvalue weighted by molar-refractivity contribution is -0.120. The second-order valence-electron chi connectivity index (χ2n) is 4.87. The number of hydrogen-bond donors (Lipinski definition) is 2. The monoisotopic (exact) mass is 278 g/mol. The first-order chi connectivity index (χ1) is 9.70. The van der Waals surface area contributed by atoms with Crippen LogP contribution in [-0.4, -0.2) is 32.2 Å². The second-order valence-corrected chi connectivity index (χ2v) is 4.87. The lowest BCUT2D eigenvalue weighted by Crippen LogP contribution is -2.35. The fourth-order valence-electron chi connectivity index (χ4n) is 2.08. The van der Waals surface area contributed by atoms with Gasteiger partial charge in [-0.2, -0.15) is 0 Å². The normalized spacial score (nSPS) is 14.7. The van der Waals surface area contributed by atoms with E-state index in [0.717, 1.165) is 30.0 Å². The van der Waals surface area contributed by atoms with E-state index in [4.69, 9.17) is 9.47 Å². The van der Waals surface area contributed by atoms with E-state index >= 15 is 0 Å². The molecule has 0 aromatic heterocycles. The summed E-state index contributed by atoms with van der Waals surface area (Å²) in [4.78, 5) is 11.8. The van der Waals surface area contributed by atoms with Crippen LogP contribution in [0.2, 0.25) is 0 Å². The maximum absolute atomic E-state index is 11.8. The zero-order valence-electron chi connectivity index (χ0n) is 12.1. The molecule has 110 valence electrons. The quantitative estimate of drug-likeness (QED) is 0.777. The van der Waals surface area contributed by atoms with Gasteiger partial charge >= 0.3 is 0 Å². The molecule has 0 radical (unpaired) electrons. The number of rotatable bonds is 6. The van der Waals surface area contributed by atoms with Crippen molar-refractivity contribution in [2.45, 2.75) is 26.3 Å². The van der Waals surface area contributed by atoms with E-state index in [2.05, 4.69) is 17.6 Å². The van der Waals surface area contributed by atoms with Crippen LogP contribution in [0.3, 0.4) is 0 Å². The molecule has 2 rings (SSSR count). The molecule has 1 amide bonds. The Morgan fingerprint density at radius 1 is 1.30 bits per heavy atom. The van der Waals surface area contributed by atoms with E-state index in [1.807, 2.05) is 25.1 Å². The predicted molar refractivity (Wildman–Crippen MR) is 77.2 cm³/mol. The first-order valence-electron chi connectivity index (χ1n) is 7.10. The molecule has 0 aliphatic carbocycles. The third kappa shape index (κ3) is 3.87. The minimum absolute atomic E-state index is 0.000777. The summed E-state index contributed by atoms with van der Waals surface area (Å²) in [5, 5.41) is 6.05. The van der Waals surface area contributed by atoms with E-state index in [9.17, 15) is 4.79 Å². The molecule has 1 unspecified atom stereocenters. The number of nitrogens with one attached hydrogen (secondary N) is 2. The SMILES string of the molecule is CCCNCC(=O)NC(C)c1ccc2c(c1)OCCO2. The van der Waals surface area contributed by atoms with Gasteiger partial charge in [0.15, 0.2) is 11.5 Å². The lowest BCUT2D eigenvalue weighted by atomic mass is 10.1. The van der Waals surface area contributed by atoms with Crippen LogP contribution < -0.4 is 20.1 Å². The number of amides is 1. The average Bonchev–Trinajstić information content (AvgIpc) is 2.47. The van der Waals surface area contributed by atoms with Crippen molar-refractivity contribution in [1.29, 1.82) is 0 Å². The summed E-state index contributed by atoms with van der Waals surface area (Å²) in [7, 11) is 0. The average molecular weight is 278 g/mol. The highest BCUT2D eigenvalue weighted by atomic mass is 16.6. The van der Waals surface area contributed by atoms with Gasteiger partial charge in [0.2, 0.25) is 5.91 Å². The van der Waals surface area contributed by atoms with Gasteiger partial charge in [0, 0.05) is 0 Å². The number of carbonyl (C=O) groups is 1. The van der Waals surface area contributed by atoms with Crippen LogP contribution in [0.1, 0.15) is 31.9 Å². The Labute approximate surface area is 119 Å². The minimum Gasteiger partial charge on any atom is -0.486 e. The Balaban J connectivity index is 1.91. The largest absolute Gasteiger partial charge is 0.486 e. The number of fused-ring (bicyclic) bond motifs is 1. The molecule has 0 saturated heterocycles. The van der Waals surface area contributed by atoms with Gasteiger partial charge in [0.05, 0.1) is 12.6 Å². The van der Waals surface area contributed by atoms with E-state index in [0.29, 0.717) is 19.8 Å². The molecule has 1 aliphatic heterocycles. The van der Waals surface area contributed by atoms with Crippen molar-refractivity contribution in [2.75, 3.05) is 26.3 Å². The molecule has 1 heterocycles.